The maximum atomic E-state index is 11.5. The van der Waals surface area contributed by atoms with Gasteiger partial charge in [-0.2, -0.15) is 8.42 Å². The van der Waals surface area contributed by atoms with E-state index >= 15 is 0 Å². The summed E-state index contributed by atoms with van der Waals surface area (Å²) in [4.78, 5) is 0. The first kappa shape index (κ1) is 20.9. The van der Waals surface area contributed by atoms with Gasteiger partial charge in [0.2, 0.25) is 0 Å². The maximum absolute atomic E-state index is 11.5. The average molecular weight is 425 g/mol. The molecule has 4 rings (SSSR count). The summed E-state index contributed by atoms with van der Waals surface area (Å²) in [7, 11) is -4.77. The van der Waals surface area contributed by atoms with E-state index in [0.29, 0.717) is 23.5 Å². The van der Waals surface area contributed by atoms with Crippen molar-refractivity contribution in [2.75, 3.05) is 0 Å². The zero-order valence-electron chi connectivity index (χ0n) is 17.7. The molecule has 0 radical (unpaired) electrons. The van der Waals surface area contributed by atoms with Crippen molar-refractivity contribution in [3.8, 4) is 11.5 Å². The Morgan fingerprint density at radius 1 is 1.14 bits per heavy atom. The van der Waals surface area contributed by atoms with Crippen molar-refractivity contribution < 1.29 is 27.4 Å². The van der Waals surface area contributed by atoms with Crippen LogP contribution in [0.2, 0.25) is 0 Å². The molecule has 0 saturated heterocycles. The van der Waals surface area contributed by atoms with E-state index in [4.69, 9.17) is 4.18 Å². The molecule has 1 unspecified atom stereocenters. The Hall–Kier alpha value is -1.31. The molecule has 0 heterocycles. The van der Waals surface area contributed by atoms with E-state index in [1.54, 1.807) is 0 Å². The lowest BCUT2D eigenvalue weighted by Crippen LogP contribution is -2.55. The lowest BCUT2D eigenvalue weighted by molar-refractivity contribution is -0.0984. The van der Waals surface area contributed by atoms with E-state index in [2.05, 4.69) is 27.7 Å². The van der Waals surface area contributed by atoms with Gasteiger partial charge in [-0.05, 0) is 77.4 Å². The molecule has 0 spiro atoms. The Morgan fingerprint density at radius 2 is 1.83 bits per heavy atom. The van der Waals surface area contributed by atoms with Gasteiger partial charge in [0.05, 0.1) is 6.61 Å². The average Bonchev–Trinajstić information content (AvgIpc) is 2.90. The Kier molecular flexibility index (Phi) is 4.58. The number of hydrogen-bond donors (Lipinski definition) is 3. The molecular weight excluding hydrogens is 392 g/mol. The predicted molar refractivity (Wildman–Crippen MR) is 109 cm³/mol. The molecule has 0 bridgehead atoms. The summed E-state index contributed by atoms with van der Waals surface area (Å²) in [6, 6.07) is 1.38. The van der Waals surface area contributed by atoms with Gasteiger partial charge in [-0.1, -0.05) is 34.1 Å². The van der Waals surface area contributed by atoms with E-state index in [1.807, 2.05) is 0 Å². The summed E-state index contributed by atoms with van der Waals surface area (Å²) >= 11 is 0. The third-order valence-corrected chi connectivity index (χ3v) is 8.95. The van der Waals surface area contributed by atoms with Gasteiger partial charge in [-0.25, -0.2) is 0 Å². The van der Waals surface area contributed by atoms with E-state index < -0.39 is 10.4 Å². The van der Waals surface area contributed by atoms with Crippen molar-refractivity contribution in [2.45, 2.75) is 78.2 Å². The molecular formula is C22H32O6S. The van der Waals surface area contributed by atoms with Crippen molar-refractivity contribution >= 4 is 10.4 Å². The number of phenolic OH excluding ortho intramolecular Hbond substituents is 1. The number of benzene rings is 1. The number of aliphatic hydroxyl groups is 1. The van der Waals surface area contributed by atoms with Crippen LogP contribution in [0.3, 0.4) is 0 Å². The number of aliphatic hydroxyl groups excluding tert-OH is 1. The third kappa shape index (κ3) is 3.00. The van der Waals surface area contributed by atoms with Gasteiger partial charge in [-0.3, -0.25) is 4.55 Å². The first-order valence-corrected chi connectivity index (χ1v) is 11.9. The van der Waals surface area contributed by atoms with Crippen LogP contribution in [0.1, 0.15) is 76.5 Å². The SMILES string of the molecule is CC1(C)CCC[C@@]2(C)C1CC[C@]1(C)c3c(CO)cc(O)c(OS(=O)(=O)O)c3C[C@@H]21. The van der Waals surface area contributed by atoms with Gasteiger partial charge in [0.25, 0.3) is 0 Å². The monoisotopic (exact) mass is 424 g/mol. The summed E-state index contributed by atoms with van der Waals surface area (Å²) in [6.07, 6.45) is 6.08. The highest BCUT2D eigenvalue weighted by atomic mass is 32.3. The third-order valence-electron chi connectivity index (χ3n) is 8.57. The second-order valence-electron chi connectivity index (χ2n) is 10.5. The quantitative estimate of drug-likeness (QED) is 0.631. The number of phenols is 1. The molecule has 29 heavy (non-hydrogen) atoms. The van der Waals surface area contributed by atoms with Crippen LogP contribution < -0.4 is 4.18 Å². The molecule has 0 aromatic heterocycles. The van der Waals surface area contributed by atoms with Crippen molar-refractivity contribution in [2.24, 2.45) is 22.7 Å². The smallest absolute Gasteiger partial charge is 0.446 e. The summed E-state index contributed by atoms with van der Waals surface area (Å²) in [6.45, 7) is 9.06. The lowest BCUT2D eigenvalue weighted by Gasteiger charge is -2.61. The van der Waals surface area contributed by atoms with Crippen LogP contribution in [-0.2, 0) is 28.8 Å². The van der Waals surface area contributed by atoms with Gasteiger partial charge in [0.1, 0.15) is 0 Å². The molecule has 4 atom stereocenters. The zero-order chi connectivity index (χ0) is 21.4. The Labute approximate surface area is 173 Å². The normalized spacial score (nSPS) is 35.5. The van der Waals surface area contributed by atoms with Gasteiger partial charge in [-0.15, -0.1) is 0 Å². The number of fused-ring (bicyclic) bond motifs is 5. The molecule has 162 valence electrons. The minimum atomic E-state index is -4.77. The van der Waals surface area contributed by atoms with Crippen LogP contribution in [0.5, 0.6) is 11.5 Å². The highest BCUT2D eigenvalue weighted by Crippen LogP contribution is 2.68. The molecule has 2 fully saturated rings. The molecule has 7 heteroatoms. The van der Waals surface area contributed by atoms with Crippen LogP contribution in [0.4, 0.5) is 0 Å². The second-order valence-corrected chi connectivity index (χ2v) is 11.5. The number of hydrogen-bond acceptors (Lipinski definition) is 5. The first-order chi connectivity index (χ1) is 13.3. The Balaban J connectivity index is 1.90. The van der Waals surface area contributed by atoms with Gasteiger partial charge >= 0.3 is 10.4 Å². The molecule has 2 saturated carbocycles. The summed E-state index contributed by atoms with van der Waals surface area (Å²) < 4.78 is 37.0. The summed E-state index contributed by atoms with van der Waals surface area (Å²) in [5.41, 5.74) is 2.21. The van der Waals surface area contributed by atoms with E-state index in [9.17, 15) is 23.2 Å². The molecule has 0 amide bonds. The minimum Gasteiger partial charge on any atom is -0.504 e. The molecule has 3 aliphatic carbocycles. The van der Waals surface area contributed by atoms with Crippen molar-refractivity contribution in [1.82, 2.24) is 0 Å². The van der Waals surface area contributed by atoms with Crippen LogP contribution in [-0.4, -0.2) is 23.2 Å². The zero-order valence-corrected chi connectivity index (χ0v) is 18.5. The molecule has 1 aromatic rings. The topological polar surface area (TPSA) is 104 Å². The largest absolute Gasteiger partial charge is 0.504 e. The number of aromatic hydroxyl groups is 1. The fourth-order valence-corrected chi connectivity index (χ4v) is 8.00. The van der Waals surface area contributed by atoms with Crippen LogP contribution in [0, 0.1) is 22.7 Å². The second kappa shape index (κ2) is 6.34. The molecule has 1 aromatic carbocycles. The maximum Gasteiger partial charge on any atom is 0.446 e. The standard InChI is InChI=1S/C22H32O6S/c1-20(2)7-5-8-21(3)16(20)6-9-22(4)17(21)11-14-18(22)13(12-23)10-15(24)19(14)28-29(25,26)27/h10,16-17,23-24H,5-9,11-12H2,1-4H3,(H,25,26,27)/t16?,17-,21-,22-/m0/s1. The van der Waals surface area contributed by atoms with E-state index in [0.717, 1.165) is 31.2 Å². The lowest BCUT2D eigenvalue weighted by atomic mass is 9.43. The van der Waals surface area contributed by atoms with Crippen molar-refractivity contribution in [3.63, 3.8) is 0 Å². The van der Waals surface area contributed by atoms with Crippen LogP contribution in [0.25, 0.3) is 0 Å². The highest BCUT2D eigenvalue weighted by Gasteiger charge is 2.62. The summed E-state index contributed by atoms with van der Waals surface area (Å²) in [5, 5.41) is 20.5. The fourth-order valence-electron chi connectivity index (χ4n) is 7.61. The fraction of sp³-hybridized carbons (Fsp3) is 0.727. The summed E-state index contributed by atoms with van der Waals surface area (Å²) in [5.74, 6) is 0.260. The molecule has 3 aliphatic rings. The van der Waals surface area contributed by atoms with E-state index in [1.165, 1.54) is 12.5 Å². The van der Waals surface area contributed by atoms with Crippen LogP contribution in [0.15, 0.2) is 6.07 Å². The van der Waals surface area contributed by atoms with Crippen molar-refractivity contribution in [1.29, 1.82) is 0 Å². The van der Waals surface area contributed by atoms with Crippen LogP contribution >= 0.6 is 0 Å². The Morgan fingerprint density at radius 3 is 2.45 bits per heavy atom. The first-order valence-electron chi connectivity index (χ1n) is 10.5. The van der Waals surface area contributed by atoms with Gasteiger partial charge in [0.15, 0.2) is 11.5 Å². The van der Waals surface area contributed by atoms with Gasteiger partial charge in [0, 0.05) is 5.56 Å². The molecule has 3 N–H and O–H groups in total. The minimum absolute atomic E-state index is 0.0749. The molecule has 0 aliphatic heterocycles. The Bertz CT molecular complexity index is 953. The van der Waals surface area contributed by atoms with Gasteiger partial charge < -0.3 is 14.4 Å². The predicted octanol–water partition coefficient (Wildman–Crippen LogP) is 4.12. The molecule has 6 nitrogen and oxygen atoms in total. The highest BCUT2D eigenvalue weighted by molar-refractivity contribution is 7.81. The van der Waals surface area contributed by atoms with Crippen molar-refractivity contribution in [3.05, 3.63) is 22.8 Å². The van der Waals surface area contributed by atoms with E-state index in [-0.39, 0.29) is 40.3 Å². The number of rotatable bonds is 3.